The lowest BCUT2D eigenvalue weighted by molar-refractivity contribution is 0.0883. The Bertz CT molecular complexity index is 691. The Morgan fingerprint density at radius 1 is 0.957 bits per heavy atom. The van der Waals surface area contributed by atoms with Gasteiger partial charge in [0.2, 0.25) is 0 Å². The summed E-state index contributed by atoms with van der Waals surface area (Å²) in [5, 5.41) is 9.68. The first-order valence-corrected chi connectivity index (χ1v) is 8.66. The molecule has 2 nitrogen and oxygen atoms in total. The van der Waals surface area contributed by atoms with Gasteiger partial charge in [-0.05, 0) is 71.6 Å². The van der Waals surface area contributed by atoms with Crippen molar-refractivity contribution in [3.05, 3.63) is 42.0 Å². The van der Waals surface area contributed by atoms with Crippen LogP contribution >= 0.6 is 0 Å². The van der Waals surface area contributed by atoms with Crippen LogP contribution in [0, 0.1) is 16.7 Å². The Morgan fingerprint density at radius 2 is 1.61 bits per heavy atom. The fraction of sp³-hybridized carbons (Fsp3) is 0.476. The summed E-state index contributed by atoms with van der Waals surface area (Å²) in [6, 6.07) is 12.4. The van der Waals surface area contributed by atoms with Gasteiger partial charge < -0.3 is 10.1 Å². The van der Waals surface area contributed by atoms with Crippen molar-refractivity contribution < 1.29 is 4.74 Å². The first-order chi connectivity index (χ1) is 11.0. The van der Waals surface area contributed by atoms with Crippen LogP contribution in [0.5, 0.6) is 5.75 Å². The van der Waals surface area contributed by atoms with E-state index in [1.54, 1.807) is 0 Å². The van der Waals surface area contributed by atoms with E-state index < -0.39 is 0 Å². The molecule has 0 heterocycles. The minimum Gasteiger partial charge on any atom is -0.490 e. The zero-order valence-corrected chi connectivity index (χ0v) is 14.4. The van der Waals surface area contributed by atoms with E-state index in [1.807, 2.05) is 12.1 Å². The topological polar surface area (TPSA) is 33.1 Å². The summed E-state index contributed by atoms with van der Waals surface area (Å²) < 4.78 is 6.24. The normalized spacial score (nSPS) is 22.0. The third kappa shape index (κ3) is 3.74. The maximum atomic E-state index is 7.34. The molecule has 1 aliphatic rings. The Kier molecular flexibility index (Phi) is 4.43. The molecule has 0 radical (unpaired) electrons. The Labute approximate surface area is 139 Å². The van der Waals surface area contributed by atoms with Crippen LogP contribution in [-0.4, -0.2) is 12.3 Å². The summed E-state index contributed by atoms with van der Waals surface area (Å²) in [5.41, 5.74) is 1.35. The predicted molar refractivity (Wildman–Crippen MR) is 97.7 cm³/mol. The van der Waals surface area contributed by atoms with Crippen LogP contribution in [0.3, 0.4) is 0 Å². The molecule has 2 heteroatoms. The standard InChI is InChI=1S/C21H27NO/c1-21(2,3)18-7-10-19(11-8-18)23-20-9-6-16-12-15(14-22)4-5-17(16)13-20/h4-6,9,12-14,18-19,22H,7-8,10-11H2,1-3H3. The molecule has 0 unspecified atom stereocenters. The zero-order chi connectivity index (χ0) is 16.4. The number of rotatable bonds is 3. The maximum Gasteiger partial charge on any atom is 0.120 e. The summed E-state index contributed by atoms with van der Waals surface area (Å²) in [7, 11) is 0. The molecule has 0 atom stereocenters. The summed E-state index contributed by atoms with van der Waals surface area (Å²) in [6.07, 6.45) is 6.60. The number of ether oxygens (including phenoxy) is 1. The molecule has 2 aromatic carbocycles. The van der Waals surface area contributed by atoms with E-state index in [0.717, 1.165) is 35.5 Å². The van der Waals surface area contributed by atoms with Crippen LogP contribution < -0.4 is 4.74 Å². The van der Waals surface area contributed by atoms with Crippen LogP contribution in [0.4, 0.5) is 0 Å². The Hall–Kier alpha value is -1.83. The largest absolute Gasteiger partial charge is 0.490 e. The predicted octanol–water partition coefficient (Wildman–Crippen LogP) is 5.82. The van der Waals surface area contributed by atoms with Crippen molar-refractivity contribution in [1.29, 1.82) is 5.41 Å². The van der Waals surface area contributed by atoms with Gasteiger partial charge >= 0.3 is 0 Å². The van der Waals surface area contributed by atoms with Crippen LogP contribution in [-0.2, 0) is 0 Å². The molecule has 3 rings (SSSR count). The van der Waals surface area contributed by atoms with Gasteiger partial charge in [-0.1, -0.05) is 39.0 Å². The minimum absolute atomic E-state index is 0.354. The average molecular weight is 309 g/mol. The Balaban J connectivity index is 1.67. The van der Waals surface area contributed by atoms with Crippen molar-refractivity contribution in [1.82, 2.24) is 0 Å². The number of fused-ring (bicyclic) bond motifs is 1. The molecule has 1 fully saturated rings. The lowest BCUT2D eigenvalue weighted by Gasteiger charge is -2.37. The van der Waals surface area contributed by atoms with E-state index in [0.29, 0.717) is 11.5 Å². The van der Waals surface area contributed by atoms with E-state index in [2.05, 4.69) is 45.0 Å². The lowest BCUT2D eigenvalue weighted by atomic mass is 9.72. The summed E-state index contributed by atoms with van der Waals surface area (Å²) in [4.78, 5) is 0. The van der Waals surface area contributed by atoms with Gasteiger partial charge in [0.25, 0.3) is 0 Å². The van der Waals surface area contributed by atoms with E-state index in [4.69, 9.17) is 10.1 Å². The fourth-order valence-electron chi connectivity index (χ4n) is 3.64. The average Bonchev–Trinajstić information content (AvgIpc) is 2.54. The number of hydrogen-bond acceptors (Lipinski definition) is 2. The molecule has 0 aliphatic heterocycles. The highest BCUT2D eigenvalue weighted by molar-refractivity contribution is 5.90. The molecular formula is C21H27NO. The van der Waals surface area contributed by atoms with Gasteiger partial charge in [-0.25, -0.2) is 0 Å². The van der Waals surface area contributed by atoms with Gasteiger partial charge in [-0.3, -0.25) is 0 Å². The molecule has 122 valence electrons. The van der Waals surface area contributed by atoms with Gasteiger partial charge in [0.1, 0.15) is 5.75 Å². The van der Waals surface area contributed by atoms with Gasteiger partial charge in [-0.15, -0.1) is 0 Å². The van der Waals surface area contributed by atoms with E-state index >= 15 is 0 Å². The van der Waals surface area contributed by atoms with Crippen molar-refractivity contribution in [3.63, 3.8) is 0 Å². The SMILES string of the molecule is CC(C)(C)C1CCC(Oc2ccc3cc(C=N)ccc3c2)CC1. The van der Waals surface area contributed by atoms with E-state index in [1.165, 1.54) is 24.4 Å². The number of nitrogens with one attached hydrogen (secondary N) is 1. The van der Waals surface area contributed by atoms with Crippen LogP contribution in [0.1, 0.15) is 52.0 Å². The molecule has 23 heavy (non-hydrogen) atoms. The van der Waals surface area contributed by atoms with Crippen molar-refractivity contribution in [2.24, 2.45) is 11.3 Å². The van der Waals surface area contributed by atoms with Gasteiger partial charge in [0, 0.05) is 6.21 Å². The molecule has 0 bridgehead atoms. The number of benzene rings is 2. The lowest BCUT2D eigenvalue weighted by Crippen LogP contribution is -2.30. The molecule has 2 aromatic rings. The third-order valence-electron chi connectivity index (χ3n) is 5.20. The summed E-state index contributed by atoms with van der Waals surface area (Å²) in [5.74, 6) is 1.79. The molecule has 0 spiro atoms. The first kappa shape index (κ1) is 16.0. The highest BCUT2D eigenvalue weighted by Gasteiger charge is 2.30. The van der Waals surface area contributed by atoms with E-state index in [9.17, 15) is 0 Å². The number of hydrogen-bond donors (Lipinski definition) is 1. The molecule has 1 saturated carbocycles. The molecule has 1 aliphatic carbocycles. The summed E-state index contributed by atoms with van der Waals surface area (Å²) in [6.45, 7) is 7.06. The van der Waals surface area contributed by atoms with E-state index in [-0.39, 0.29) is 0 Å². The Morgan fingerprint density at radius 3 is 2.26 bits per heavy atom. The second-order valence-electron chi connectivity index (χ2n) is 7.87. The fourth-order valence-corrected chi connectivity index (χ4v) is 3.64. The first-order valence-electron chi connectivity index (χ1n) is 8.66. The maximum absolute atomic E-state index is 7.34. The van der Waals surface area contributed by atoms with Crippen LogP contribution in [0.2, 0.25) is 0 Å². The highest BCUT2D eigenvalue weighted by atomic mass is 16.5. The second kappa shape index (κ2) is 6.35. The minimum atomic E-state index is 0.354. The molecular weight excluding hydrogens is 282 g/mol. The monoisotopic (exact) mass is 309 g/mol. The van der Waals surface area contributed by atoms with Gasteiger partial charge in [0.05, 0.1) is 6.10 Å². The smallest absolute Gasteiger partial charge is 0.120 e. The van der Waals surface area contributed by atoms with Gasteiger partial charge in [-0.2, -0.15) is 0 Å². The quantitative estimate of drug-likeness (QED) is 0.712. The molecule has 1 N–H and O–H groups in total. The molecule has 0 saturated heterocycles. The highest BCUT2D eigenvalue weighted by Crippen LogP contribution is 2.38. The summed E-state index contributed by atoms with van der Waals surface area (Å²) >= 11 is 0. The third-order valence-corrected chi connectivity index (χ3v) is 5.20. The van der Waals surface area contributed by atoms with Crippen molar-refractivity contribution in [2.75, 3.05) is 0 Å². The van der Waals surface area contributed by atoms with Crippen LogP contribution in [0.15, 0.2) is 36.4 Å². The molecule has 0 amide bonds. The van der Waals surface area contributed by atoms with Crippen molar-refractivity contribution >= 4 is 17.0 Å². The van der Waals surface area contributed by atoms with Gasteiger partial charge in [0.15, 0.2) is 0 Å². The van der Waals surface area contributed by atoms with Crippen LogP contribution in [0.25, 0.3) is 10.8 Å². The van der Waals surface area contributed by atoms with Crippen molar-refractivity contribution in [2.45, 2.75) is 52.6 Å². The second-order valence-corrected chi connectivity index (χ2v) is 7.87. The van der Waals surface area contributed by atoms with Crippen molar-refractivity contribution in [3.8, 4) is 5.75 Å². The zero-order valence-electron chi connectivity index (χ0n) is 14.4. The molecule has 0 aromatic heterocycles.